The fraction of sp³-hybridized carbons (Fsp3) is 0.778. The summed E-state index contributed by atoms with van der Waals surface area (Å²) in [7, 11) is 8.35. The van der Waals surface area contributed by atoms with E-state index in [1.165, 1.54) is 11.8 Å². The fourth-order valence-corrected chi connectivity index (χ4v) is 1.95. The Morgan fingerprint density at radius 2 is 1.00 bits per heavy atom. The standard InChI is InChI=1S/C12H22O2S.C6H16N2.Zn/c1-11(2,3)9(13)7-15-8-10(14)12(4,5)6;1-7(2)5-6-8(3)4;/h7-8,13-14H,1-6H3;5-6H2,1-4H3;/b9-7-,10-8-;;. The molecule has 0 spiro atoms. The molecule has 0 aliphatic rings. The van der Waals surface area contributed by atoms with Crippen molar-refractivity contribution >= 4 is 11.8 Å². The third-order valence-corrected chi connectivity index (χ3v) is 3.61. The molecule has 0 atom stereocenters. The van der Waals surface area contributed by atoms with Crippen molar-refractivity contribution in [2.75, 3.05) is 41.3 Å². The summed E-state index contributed by atoms with van der Waals surface area (Å²) in [5, 5.41) is 22.6. The molecule has 0 aliphatic carbocycles. The van der Waals surface area contributed by atoms with Crippen molar-refractivity contribution < 1.29 is 29.7 Å². The second-order valence-corrected chi connectivity index (χ2v) is 8.99. The molecule has 0 aliphatic heterocycles. The van der Waals surface area contributed by atoms with Gasteiger partial charge in [-0.05, 0) is 28.2 Å². The maximum absolute atomic E-state index is 9.63. The largest absolute Gasteiger partial charge is 0.511 e. The van der Waals surface area contributed by atoms with Gasteiger partial charge in [0.15, 0.2) is 0 Å². The SMILES string of the molecule is CC(C)(C)/C(O)=C/S/C=C(\O)C(C)(C)C.CN(C)CCN(C)C.[Zn]. The van der Waals surface area contributed by atoms with Crippen LogP contribution in [0.1, 0.15) is 41.5 Å². The van der Waals surface area contributed by atoms with E-state index in [0.717, 1.165) is 13.1 Å². The molecule has 0 saturated heterocycles. The zero-order chi connectivity index (χ0) is 18.8. The Kier molecular flexibility index (Phi) is 15.8. The van der Waals surface area contributed by atoms with E-state index in [0.29, 0.717) is 11.5 Å². The molecule has 0 radical (unpaired) electrons. The van der Waals surface area contributed by atoms with Crippen molar-refractivity contribution in [2.24, 2.45) is 10.8 Å². The van der Waals surface area contributed by atoms with E-state index in [1.807, 2.05) is 41.5 Å². The zero-order valence-electron chi connectivity index (χ0n) is 17.5. The fourth-order valence-electron chi connectivity index (χ4n) is 0.916. The Labute approximate surface area is 167 Å². The van der Waals surface area contributed by atoms with Crippen LogP contribution in [0.15, 0.2) is 22.3 Å². The van der Waals surface area contributed by atoms with E-state index < -0.39 is 0 Å². The van der Waals surface area contributed by atoms with Crippen molar-refractivity contribution in [3.8, 4) is 0 Å². The number of thioether (sulfide) groups is 1. The van der Waals surface area contributed by atoms with Crippen molar-refractivity contribution in [1.29, 1.82) is 0 Å². The Bertz CT molecular complexity index is 345. The van der Waals surface area contributed by atoms with Gasteiger partial charge in [-0.25, -0.2) is 0 Å². The first-order valence-corrected chi connectivity index (χ1v) is 8.86. The molecule has 140 valence electrons. The number of hydrogen-bond acceptors (Lipinski definition) is 5. The van der Waals surface area contributed by atoms with Gasteiger partial charge < -0.3 is 20.0 Å². The second-order valence-electron chi connectivity index (χ2n) is 8.25. The molecule has 0 bridgehead atoms. The van der Waals surface area contributed by atoms with Crippen LogP contribution in [0.25, 0.3) is 0 Å². The zero-order valence-corrected chi connectivity index (χ0v) is 21.3. The number of likely N-dealkylation sites (N-methyl/N-ethyl adjacent to an activating group) is 2. The first kappa shape index (κ1) is 28.8. The van der Waals surface area contributed by atoms with E-state index >= 15 is 0 Å². The van der Waals surface area contributed by atoms with Gasteiger partial charge in [0.2, 0.25) is 0 Å². The van der Waals surface area contributed by atoms with Crippen LogP contribution in [-0.4, -0.2) is 61.3 Å². The monoisotopic (exact) mass is 410 g/mol. The van der Waals surface area contributed by atoms with Gasteiger partial charge in [0.1, 0.15) is 11.5 Å². The summed E-state index contributed by atoms with van der Waals surface area (Å²) in [5.41, 5.74) is -0.476. The summed E-state index contributed by atoms with van der Waals surface area (Å²) in [4.78, 5) is 4.36. The van der Waals surface area contributed by atoms with Crippen LogP contribution >= 0.6 is 11.8 Å². The molecule has 2 N–H and O–H groups in total. The predicted octanol–water partition coefficient (Wildman–Crippen LogP) is 4.72. The van der Waals surface area contributed by atoms with Crippen LogP contribution in [0.5, 0.6) is 0 Å². The number of aliphatic hydroxyl groups excluding tert-OH is 2. The van der Waals surface area contributed by atoms with Crippen molar-refractivity contribution in [3.63, 3.8) is 0 Å². The molecule has 0 aromatic heterocycles. The number of aliphatic hydroxyl groups is 2. The third-order valence-electron chi connectivity index (χ3n) is 2.89. The predicted molar refractivity (Wildman–Crippen MR) is 105 cm³/mol. The van der Waals surface area contributed by atoms with Crippen LogP contribution in [0.2, 0.25) is 0 Å². The van der Waals surface area contributed by atoms with Crippen LogP contribution < -0.4 is 0 Å². The first-order chi connectivity index (χ1) is 10.2. The first-order valence-electron chi connectivity index (χ1n) is 7.92. The second kappa shape index (κ2) is 13.2. The number of hydrogen-bond donors (Lipinski definition) is 2. The maximum Gasteiger partial charge on any atom is 0.104 e. The van der Waals surface area contributed by atoms with Crippen LogP contribution in [-0.2, 0) is 19.5 Å². The van der Waals surface area contributed by atoms with Gasteiger partial charge in [-0.15, -0.1) is 0 Å². The summed E-state index contributed by atoms with van der Waals surface area (Å²) >= 11 is 1.30. The molecule has 0 heterocycles. The molecule has 0 unspecified atom stereocenters. The van der Waals surface area contributed by atoms with Crippen LogP contribution in [0.4, 0.5) is 0 Å². The van der Waals surface area contributed by atoms with Crippen molar-refractivity contribution in [2.45, 2.75) is 41.5 Å². The van der Waals surface area contributed by atoms with E-state index in [-0.39, 0.29) is 30.3 Å². The Morgan fingerprint density at radius 3 is 1.17 bits per heavy atom. The number of rotatable bonds is 5. The molecule has 0 fully saturated rings. The minimum Gasteiger partial charge on any atom is -0.511 e. The summed E-state index contributed by atoms with van der Waals surface area (Å²) in [6, 6.07) is 0. The summed E-state index contributed by atoms with van der Waals surface area (Å²) < 4.78 is 0. The summed E-state index contributed by atoms with van der Waals surface area (Å²) in [6.45, 7) is 13.9. The number of nitrogens with zero attached hydrogens (tertiary/aromatic N) is 2. The van der Waals surface area contributed by atoms with Gasteiger partial charge in [-0.2, -0.15) is 0 Å². The molecule has 0 amide bonds. The van der Waals surface area contributed by atoms with E-state index in [9.17, 15) is 10.2 Å². The average Bonchev–Trinajstić information content (AvgIpc) is 2.34. The van der Waals surface area contributed by atoms with E-state index in [2.05, 4.69) is 38.0 Å². The van der Waals surface area contributed by atoms with Gasteiger partial charge >= 0.3 is 0 Å². The van der Waals surface area contributed by atoms with Gasteiger partial charge in [0.05, 0.1) is 0 Å². The molecule has 4 nitrogen and oxygen atoms in total. The molecule has 0 rings (SSSR count). The molecule has 24 heavy (non-hydrogen) atoms. The normalized spacial score (nSPS) is 13.5. The third kappa shape index (κ3) is 18.3. The van der Waals surface area contributed by atoms with Gasteiger partial charge in [-0.1, -0.05) is 53.3 Å². The maximum atomic E-state index is 9.63. The molecule has 0 aromatic carbocycles. The number of allylic oxidation sites excluding steroid dienone is 2. The Balaban J connectivity index is -0.000000419. The molecule has 6 heteroatoms. The van der Waals surface area contributed by atoms with Gasteiger partial charge in [0, 0.05) is 54.2 Å². The Hall–Kier alpha value is -0.0266. The molecular weight excluding hydrogens is 374 g/mol. The van der Waals surface area contributed by atoms with Crippen molar-refractivity contribution in [1.82, 2.24) is 9.80 Å². The van der Waals surface area contributed by atoms with Gasteiger partial charge in [-0.3, -0.25) is 0 Å². The smallest absolute Gasteiger partial charge is 0.104 e. The molecule has 0 aromatic rings. The van der Waals surface area contributed by atoms with Crippen molar-refractivity contribution in [3.05, 3.63) is 22.3 Å². The Morgan fingerprint density at radius 1 is 0.750 bits per heavy atom. The topological polar surface area (TPSA) is 46.9 Å². The summed E-state index contributed by atoms with van der Waals surface area (Å²) in [5.74, 6) is 0.649. The van der Waals surface area contributed by atoms with Crippen LogP contribution in [0.3, 0.4) is 0 Å². The minimum absolute atomic E-state index is 0. The average molecular weight is 412 g/mol. The molecular formula is C18H38N2O2SZn. The van der Waals surface area contributed by atoms with Crippen LogP contribution in [0, 0.1) is 10.8 Å². The summed E-state index contributed by atoms with van der Waals surface area (Å²) in [6.07, 6.45) is 0. The minimum atomic E-state index is -0.238. The van der Waals surface area contributed by atoms with Gasteiger partial charge in [0.25, 0.3) is 0 Å². The quantitative estimate of drug-likeness (QED) is 0.506. The van der Waals surface area contributed by atoms with E-state index in [4.69, 9.17) is 0 Å². The van der Waals surface area contributed by atoms with E-state index in [1.54, 1.807) is 10.8 Å². The molecule has 0 saturated carbocycles.